The molecule has 3 nitrogen and oxygen atoms in total. The van der Waals surface area contributed by atoms with E-state index in [0.717, 1.165) is 12.3 Å². The van der Waals surface area contributed by atoms with E-state index in [0.29, 0.717) is 12.6 Å². The van der Waals surface area contributed by atoms with Crippen LogP contribution in [0.1, 0.15) is 18.2 Å². The van der Waals surface area contributed by atoms with Gasteiger partial charge in [0.25, 0.3) is 0 Å². The zero-order chi connectivity index (χ0) is 8.97. The van der Waals surface area contributed by atoms with Crippen LogP contribution >= 0.6 is 0 Å². The highest BCUT2D eigenvalue weighted by atomic mass is 16.3. The summed E-state index contributed by atoms with van der Waals surface area (Å²) >= 11 is 0. The van der Waals surface area contributed by atoms with Crippen LogP contribution in [0.15, 0.2) is 16.7 Å². The number of nitrogens with two attached hydrogens (primary N) is 1. The molecule has 12 heavy (non-hydrogen) atoms. The van der Waals surface area contributed by atoms with E-state index in [1.165, 1.54) is 5.56 Å². The van der Waals surface area contributed by atoms with Gasteiger partial charge in [0, 0.05) is 12.6 Å². The van der Waals surface area contributed by atoms with E-state index in [1.807, 2.05) is 13.0 Å². The molecule has 1 heterocycles. The van der Waals surface area contributed by atoms with E-state index >= 15 is 0 Å². The molecule has 68 valence electrons. The molecule has 1 rings (SSSR count). The third-order valence-corrected chi connectivity index (χ3v) is 1.93. The summed E-state index contributed by atoms with van der Waals surface area (Å²) in [4.78, 5) is 0. The third kappa shape index (κ3) is 2.36. The van der Waals surface area contributed by atoms with Crippen molar-refractivity contribution in [2.45, 2.75) is 26.4 Å². The van der Waals surface area contributed by atoms with Crippen LogP contribution in [0.2, 0.25) is 0 Å². The van der Waals surface area contributed by atoms with Gasteiger partial charge in [0.15, 0.2) is 0 Å². The van der Waals surface area contributed by atoms with Crippen molar-refractivity contribution in [2.24, 2.45) is 5.73 Å². The van der Waals surface area contributed by atoms with Crippen LogP contribution in [0, 0.1) is 6.92 Å². The Labute approximate surface area is 72.9 Å². The van der Waals surface area contributed by atoms with Crippen molar-refractivity contribution in [3.05, 3.63) is 23.7 Å². The standard InChI is InChI=1S/C9H16N2O/c1-7-3-4-12-9(7)6-11-8(2)5-10/h3-4,8,11H,5-6,10H2,1-2H3/t8-/m0/s1. The van der Waals surface area contributed by atoms with E-state index < -0.39 is 0 Å². The molecule has 0 aliphatic heterocycles. The molecule has 0 saturated heterocycles. The Bertz CT molecular complexity index is 232. The monoisotopic (exact) mass is 168 g/mol. The predicted molar refractivity (Wildman–Crippen MR) is 48.8 cm³/mol. The summed E-state index contributed by atoms with van der Waals surface area (Å²) in [5.41, 5.74) is 6.64. The van der Waals surface area contributed by atoms with Crippen LogP contribution in [0.5, 0.6) is 0 Å². The summed E-state index contributed by atoms with van der Waals surface area (Å²) in [5, 5.41) is 3.26. The summed E-state index contributed by atoms with van der Waals surface area (Å²) < 4.78 is 5.26. The fourth-order valence-corrected chi connectivity index (χ4v) is 0.935. The maximum absolute atomic E-state index is 5.46. The lowest BCUT2D eigenvalue weighted by atomic mass is 10.2. The number of hydrogen-bond donors (Lipinski definition) is 2. The van der Waals surface area contributed by atoms with Gasteiger partial charge in [-0.15, -0.1) is 0 Å². The Kier molecular flexibility index (Phi) is 3.31. The van der Waals surface area contributed by atoms with Crippen molar-refractivity contribution in [1.82, 2.24) is 5.32 Å². The second kappa shape index (κ2) is 4.28. The quantitative estimate of drug-likeness (QED) is 0.706. The average molecular weight is 168 g/mol. The van der Waals surface area contributed by atoms with Gasteiger partial charge in [-0.25, -0.2) is 0 Å². The molecule has 0 aliphatic rings. The minimum atomic E-state index is 0.342. The fraction of sp³-hybridized carbons (Fsp3) is 0.556. The van der Waals surface area contributed by atoms with E-state index in [4.69, 9.17) is 10.2 Å². The smallest absolute Gasteiger partial charge is 0.120 e. The molecule has 1 atom stereocenters. The molecule has 0 unspecified atom stereocenters. The molecular formula is C9H16N2O. The Hall–Kier alpha value is -0.800. The Morgan fingerprint density at radius 1 is 1.67 bits per heavy atom. The second-order valence-electron chi connectivity index (χ2n) is 3.04. The largest absolute Gasteiger partial charge is 0.468 e. The van der Waals surface area contributed by atoms with Crippen LogP contribution in [-0.4, -0.2) is 12.6 Å². The minimum Gasteiger partial charge on any atom is -0.468 e. The van der Waals surface area contributed by atoms with Gasteiger partial charge in [-0.2, -0.15) is 0 Å². The molecule has 0 bridgehead atoms. The van der Waals surface area contributed by atoms with Crippen LogP contribution in [0.25, 0.3) is 0 Å². The predicted octanol–water partition coefficient (Wildman–Crippen LogP) is 1.02. The molecule has 3 heteroatoms. The summed E-state index contributed by atoms with van der Waals surface area (Å²) in [6.45, 7) is 5.50. The van der Waals surface area contributed by atoms with E-state index in [9.17, 15) is 0 Å². The van der Waals surface area contributed by atoms with Gasteiger partial charge in [-0.05, 0) is 25.5 Å². The van der Waals surface area contributed by atoms with Crippen LogP contribution in [-0.2, 0) is 6.54 Å². The highest BCUT2D eigenvalue weighted by molar-refractivity contribution is 5.14. The fourth-order valence-electron chi connectivity index (χ4n) is 0.935. The molecule has 3 N–H and O–H groups in total. The van der Waals surface area contributed by atoms with Gasteiger partial charge in [0.2, 0.25) is 0 Å². The number of rotatable bonds is 4. The van der Waals surface area contributed by atoms with Gasteiger partial charge in [0.05, 0.1) is 12.8 Å². The first kappa shape index (κ1) is 9.29. The van der Waals surface area contributed by atoms with Crippen molar-refractivity contribution in [1.29, 1.82) is 0 Å². The molecule has 1 aromatic heterocycles. The van der Waals surface area contributed by atoms with Crippen molar-refractivity contribution < 1.29 is 4.42 Å². The van der Waals surface area contributed by atoms with Crippen LogP contribution in [0.3, 0.4) is 0 Å². The molecule has 0 aromatic carbocycles. The van der Waals surface area contributed by atoms with E-state index in [2.05, 4.69) is 12.2 Å². The summed E-state index contributed by atoms with van der Waals surface area (Å²) in [6, 6.07) is 2.30. The lowest BCUT2D eigenvalue weighted by Crippen LogP contribution is -2.32. The Morgan fingerprint density at radius 2 is 2.42 bits per heavy atom. The van der Waals surface area contributed by atoms with Gasteiger partial charge >= 0.3 is 0 Å². The van der Waals surface area contributed by atoms with Gasteiger partial charge < -0.3 is 15.5 Å². The lowest BCUT2D eigenvalue weighted by molar-refractivity contribution is 0.455. The number of hydrogen-bond acceptors (Lipinski definition) is 3. The molecule has 0 amide bonds. The molecule has 0 fully saturated rings. The van der Waals surface area contributed by atoms with Crippen LogP contribution in [0.4, 0.5) is 0 Å². The molecule has 0 aliphatic carbocycles. The average Bonchev–Trinajstić information content (AvgIpc) is 2.47. The summed E-state index contributed by atoms with van der Waals surface area (Å²) in [6.07, 6.45) is 1.71. The number of aryl methyl sites for hydroxylation is 1. The second-order valence-corrected chi connectivity index (χ2v) is 3.04. The number of furan rings is 1. The van der Waals surface area contributed by atoms with Crippen molar-refractivity contribution >= 4 is 0 Å². The lowest BCUT2D eigenvalue weighted by Gasteiger charge is -2.09. The Balaban J connectivity index is 2.38. The number of nitrogens with one attached hydrogen (secondary N) is 1. The molecule has 0 radical (unpaired) electrons. The highest BCUT2D eigenvalue weighted by Gasteiger charge is 2.02. The van der Waals surface area contributed by atoms with Crippen molar-refractivity contribution in [3.8, 4) is 0 Å². The molecular weight excluding hydrogens is 152 g/mol. The molecule has 0 spiro atoms. The molecule has 0 saturated carbocycles. The normalized spacial score (nSPS) is 13.2. The van der Waals surface area contributed by atoms with E-state index in [1.54, 1.807) is 6.26 Å². The van der Waals surface area contributed by atoms with Crippen molar-refractivity contribution in [2.75, 3.05) is 6.54 Å². The SMILES string of the molecule is Cc1ccoc1CN[C@@H](C)CN. The summed E-state index contributed by atoms with van der Waals surface area (Å²) in [7, 11) is 0. The topological polar surface area (TPSA) is 51.2 Å². The molecule has 1 aromatic rings. The Morgan fingerprint density at radius 3 is 2.92 bits per heavy atom. The maximum atomic E-state index is 5.46. The minimum absolute atomic E-state index is 0.342. The van der Waals surface area contributed by atoms with Gasteiger partial charge in [-0.1, -0.05) is 0 Å². The highest BCUT2D eigenvalue weighted by Crippen LogP contribution is 2.07. The van der Waals surface area contributed by atoms with E-state index in [-0.39, 0.29) is 0 Å². The van der Waals surface area contributed by atoms with Gasteiger partial charge in [-0.3, -0.25) is 0 Å². The zero-order valence-electron chi connectivity index (χ0n) is 7.63. The maximum Gasteiger partial charge on any atom is 0.120 e. The first-order valence-corrected chi connectivity index (χ1v) is 4.20. The van der Waals surface area contributed by atoms with Crippen LogP contribution < -0.4 is 11.1 Å². The third-order valence-electron chi connectivity index (χ3n) is 1.93. The first-order chi connectivity index (χ1) is 5.74. The van der Waals surface area contributed by atoms with Crippen molar-refractivity contribution in [3.63, 3.8) is 0 Å². The zero-order valence-corrected chi connectivity index (χ0v) is 7.63. The summed E-state index contributed by atoms with van der Waals surface area (Å²) in [5.74, 6) is 0.996. The van der Waals surface area contributed by atoms with Gasteiger partial charge in [0.1, 0.15) is 5.76 Å². The first-order valence-electron chi connectivity index (χ1n) is 4.20.